The lowest BCUT2D eigenvalue weighted by Crippen LogP contribution is -2.25. The molecule has 0 radical (unpaired) electrons. The first kappa shape index (κ1) is 12.2. The zero-order valence-electron chi connectivity index (χ0n) is 6.89. The molecule has 13 heavy (non-hydrogen) atoms. The Bertz CT molecular complexity index is 230. The normalized spacial score (nSPS) is 33.3. The first-order chi connectivity index (χ1) is 5.82. The summed E-state index contributed by atoms with van der Waals surface area (Å²) < 4.78 is 4.68. The van der Waals surface area contributed by atoms with Crippen LogP contribution in [0.1, 0.15) is 12.8 Å². The Kier molecular flexibility index (Phi) is 3.67. The van der Waals surface area contributed by atoms with E-state index in [4.69, 9.17) is 9.53 Å². The zero-order valence-corrected chi connectivity index (χ0v) is 13.6. The Morgan fingerprint density at radius 3 is 2.46 bits per heavy atom. The molecule has 2 unspecified atom stereocenters. The summed E-state index contributed by atoms with van der Waals surface area (Å²) in [5.41, 5.74) is -0.710. The first-order valence-corrected chi connectivity index (χ1v) is 6.84. The van der Waals surface area contributed by atoms with E-state index in [1.54, 1.807) is 0 Å². The summed E-state index contributed by atoms with van der Waals surface area (Å²) in [6.45, 7) is 0. The number of hydrogen-bond acceptors (Lipinski definition) is 2. The molecule has 1 N–H and O–H groups in total. The molecular weight excluding hydrogens is 388 g/mol. The van der Waals surface area contributed by atoms with Crippen LogP contribution in [0.25, 0.3) is 0 Å². The third-order valence-electron chi connectivity index (χ3n) is 2.23. The van der Waals surface area contributed by atoms with Gasteiger partial charge in [-0.25, -0.2) is 0 Å². The highest BCUT2D eigenvalue weighted by Gasteiger charge is 2.63. The Balaban J connectivity index is 2.68. The Morgan fingerprint density at radius 1 is 1.69 bits per heavy atom. The second-order valence-electron chi connectivity index (χ2n) is 3.18. The number of alkyl halides is 3. The second-order valence-corrected chi connectivity index (χ2v) is 10.9. The molecule has 1 rings (SSSR count). The van der Waals surface area contributed by atoms with E-state index >= 15 is 0 Å². The zero-order chi connectivity index (χ0) is 10.3. The van der Waals surface area contributed by atoms with Crippen LogP contribution in [0.2, 0.25) is 0 Å². The van der Waals surface area contributed by atoms with Gasteiger partial charge in [-0.3, -0.25) is 4.79 Å². The van der Waals surface area contributed by atoms with Crippen LogP contribution in [0.3, 0.4) is 0 Å². The van der Waals surface area contributed by atoms with E-state index in [9.17, 15) is 4.79 Å². The molecule has 1 saturated carbocycles. The summed E-state index contributed by atoms with van der Waals surface area (Å²) >= 11 is 9.92. The van der Waals surface area contributed by atoms with Crippen molar-refractivity contribution in [3.8, 4) is 0 Å². The molecule has 0 aliphatic heterocycles. The van der Waals surface area contributed by atoms with Crippen LogP contribution in [0, 0.1) is 5.41 Å². The minimum absolute atomic E-state index is 0.108. The van der Waals surface area contributed by atoms with Gasteiger partial charge in [0.25, 0.3) is 0 Å². The van der Waals surface area contributed by atoms with E-state index < -0.39 is 13.5 Å². The van der Waals surface area contributed by atoms with Crippen molar-refractivity contribution in [1.82, 2.24) is 0 Å². The van der Waals surface area contributed by atoms with E-state index in [0.717, 1.165) is 0 Å². The van der Waals surface area contributed by atoms with Crippen LogP contribution >= 0.6 is 47.8 Å². The maximum absolute atomic E-state index is 11.0. The predicted octanol–water partition coefficient (Wildman–Crippen LogP) is 1.36. The third kappa shape index (κ3) is 2.77. The van der Waals surface area contributed by atoms with Gasteiger partial charge >= 0.3 is 5.97 Å². The first-order valence-electron chi connectivity index (χ1n) is 3.65. The van der Waals surface area contributed by atoms with Crippen LogP contribution < -0.4 is 0 Å². The number of carbonyl (C=O) groups is 1. The van der Waals surface area contributed by atoms with Gasteiger partial charge in [-0.15, -0.1) is 0 Å². The second kappa shape index (κ2) is 3.92. The van der Waals surface area contributed by atoms with Crippen molar-refractivity contribution in [2.24, 2.45) is 5.41 Å². The minimum Gasteiger partial charge on any atom is -0.481 e. The largest absolute Gasteiger partial charge is 0.481 e. The molecule has 0 spiro atoms. The molecule has 3 nitrogen and oxygen atoms in total. The molecule has 1 aliphatic rings. The highest BCUT2D eigenvalue weighted by Crippen LogP contribution is 2.57. The van der Waals surface area contributed by atoms with Crippen molar-refractivity contribution < 1.29 is 14.3 Å². The fourth-order valence-corrected chi connectivity index (χ4v) is 3.54. The molecule has 0 saturated heterocycles. The van der Waals surface area contributed by atoms with Gasteiger partial charge in [-0.2, -0.15) is 0 Å². The predicted molar refractivity (Wildman–Crippen MR) is 63.6 cm³/mol. The van der Waals surface area contributed by atoms with Gasteiger partial charge in [0.1, 0.15) is 12.6 Å². The van der Waals surface area contributed by atoms with Crippen molar-refractivity contribution >= 4 is 64.2 Å². The monoisotopic (exact) mass is 394 g/mol. The average molecular weight is 397 g/mol. The molecule has 7 heteroatoms. The van der Waals surface area contributed by atoms with Gasteiger partial charge in [0.2, 0.25) is 0 Å². The average Bonchev–Trinajstić information content (AvgIpc) is 2.60. The molecule has 0 bridgehead atoms. The fraction of sp³-hybridized carbons (Fsp3) is 0.833. The van der Waals surface area contributed by atoms with Crippen molar-refractivity contribution in [3.63, 3.8) is 0 Å². The molecule has 0 amide bonds. The standard InChI is InChI=1S/C6H9Br3O3Si/c7-6(8,9)2-5(4(10)11)1-3(5)12-13/h3H,1-2H2,13H3,(H,10,11). The Labute approximate surface area is 105 Å². The molecule has 0 aromatic rings. The van der Waals surface area contributed by atoms with Crippen molar-refractivity contribution in [2.45, 2.75) is 21.1 Å². The lowest BCUT2D eigenvalue weighted by molar-refractivity contribution is -0.144. The van der Waals surface area contributed by atoms with E-state index in [1.165, 1.54) is 0 Å². The number of carboxylic acid groups (broad SMARTS) is 1. The highest BCUT2D eigenvalue weighted by molar-refractivity contribution is 9.39. The molecule has 0 heterocycles. The molecule has 1 aliphatic carbocycles. The van der Waals surface area contributed by atoms with Crippen LogP contribution in [0.4, 0.5) is 0 Å². The van der Waals surface area contributed by atoms with Gasteiger partial charge in [-0.1, -0.05) is 47.8 Å². The van der Waals surface area contributed by atoms with Crippen LogP contribution in [0.5, 0.6) is 0 Å². The number of rotatable bonds is 3. The van der Waals surface area contributed by atoms with Gasteiger partial charge in [0.15, 0.2) is 0 Å². The van der Waals surface area contributed by atoms with Crippen molar-refractivity contribution in [2.75, 3.05) is 0 Å². The molecule has 0 aromatic carbocycles. The SMILES string of the molecule is O=C(O)C1(CC(Br)(Br)Br)CC1O[SiH3]. The van der Waals surface area contributed by atoms with E-state index in [0.29, 0.717) is 23.3 Å². The lowest BCUT2D eigenvalue weighted by atomic mass is 10.0. The number of halogens is 3. The van der Waals surface area contributed by atoms with E-state index in [1.807, 2.05) is 0 Å². The quantitative estimate of drug-likeness (QED) is 0.578. The van der Waals surface area contributed by atoms with Crippen LogP contribution in [0.15, 0.2) is 0 Å². The summed E-state index contributed by atoms with van der Waals surface area (Å²) in [4.78, 5) is 11.0. The summed E-state index contributed by atoms with van der Waals surface area (Å²) in [6.07, 6.45) is 0.960. The summed E-state index contributed by atoms with van der Waals surface area (Å²) in [5, 5.41) is 9.04. The maximum atomic E-state index is 11.0. The molecule has 76 valence electrons. The minimum atomic E-state index is -0.781. The smallest absolute Gasteiger partial charge is 0.312 e. The highest BCUT2D eigenvalue weighted by atomic mass is 80.0. The van der Waals surface area contributed by atoms with Crippen molar-refractivity contribution in [3.05, 3.63) is 0 Å². The van der Waals surface area contributed by atoms with Gasteiger partial charge in [-0.05, 0) is 6.42 Å². The topological polar surface area (TPSA) is 46.5 Å². The molecule has 0 aromatic heterocycles. The molecule has 1 fully saturated rings. The Morgan fingerprint density at radius 2 is 2.23 bits per heavy atom. The Hall–Kier alpha value is 1.09. The number of carboxylic acids is 1. The van der Waals surface area contributed by atoms with Crippen LogP contribution in [-0.4, -0.2) is 29.8 Å². The van der Waals surface area contributed by atoms with Gasteiger partial charge < -0.3 is 9.53 Å². The maximum Gasteiger partial charge on any atom is 0.312 e. The third-order valence-corrected chi connectivity index (χ3v) is 3.64. The summed E-state index contributed by atoms with van der Waals surface area (Å²) in [5.74, 6) is -0.781. The fourth-order valence-electron chi connectivity index (χ4n) is 1.43. The molecule has 2 atom stereocenters. The molecular formula is C6H9Br3O3Si. The van der Waals surface area contributed by atoms with E-state index in [2.05, 4.69) is 47.8 Å². The van der Waals surface area contributed by atoms with Gasteiger partial charge in [0, 0.05) is 6.42 Å². The summed E-state index contributed by atoms with van der Waals surface area (Å²) in [7, 11) is 0.585. The lowest BCUT2D eigenvalue weighted by Gasteiger charge is -2.18. The van der Waals surface area contributed by atoms with Crippen molar-refractivity contribution in [1.29, 1.82) is 0 Å². The van der Waals surface area contributed by atoms with Crippen LogP contribution in [-0.2, 0) is 9.22 Å². The number of hydrogen-bond donors (Lipinski definition) is 1. The van der Waals surface area contributed by atoms with E-state index in [-0.39, 0.29) is 6.10 Å². The number of aliphatic carboxylic acids is 1. The van der Waals surface area contributed by atoms with Gasteiger partial charge in [0.05, 0.1) is 11.5 Å². The summed E-state index contributed by atoms with van der Waals surface area (Å²) in [6, 6.07) is 0.